The fraction of sp³-hybridized carbons (Fsp3) is 0.278. The van der Waals surface area contributed by atoms with Gasteiger partial charge in [0.2, 0.25) is 0 Å². The number of hydrogen-bond acceptors (Lipinski definition) is 2. The van der Waals surface area contributed by atoms with Crippen LogP contribution >= 0.6 is 0 Å². The first-order valence-electron chi connectivity index (χ1n) is 7.31. The largest absolute Gasteiger partial charge is 0.494 e. The summed E-state index contributed by atoms with van der Waals surface area (Å²) in [7, 11) is 0. The Morgan fingerprint density at radius 1 is 1.23 bits per heavy atom. The first kappa shape index (κ1) is 16.0. The SMILES string of the molecule is CCOc1ccc(C(C)NC(=O)c2ccc(C)c(F)c2)cc1. The molecule has 3 nitrogen and oxygen atoms in total. The Bertz CT molecular complexity index is 653. The topological polar surface area (TPSA) is 38.3 Å². The third-order valence-electron chi connectivity index (χ3n) is 3.47. The van der Waals surface area contributed by atoms with Crippen LogP contribution in [0.3, 0.4) is 0 Å². The van der Waals surface area contributed by atoms with Crippen molar-refractivity contribution in [3.8, 4) is 5.75 Å². The molecule has 1 atom stereocenters. The number of nitrogens with one attached hydrogen (secondary N) is 1. The van der Waals surface area contributed by atoms with E-state index in [1.165, 1.54) is 6.07 Å². The summed E-state index contributed by atoms with van der Waals surface area (Å²) in [6.07, 6.45) is 0. The van der Waals surface area contributed by atoms with Gasteiger partial charge in [-0.3, -0.25) is 4.79 Å². The lowest BCUT2D eigenvalue weighted by atomic mass is 10.1. The Labute approximate surface area is 130 Å². The number of hydrogen-bond donors (Lipinski definition) is 1. The molecule has 1 unspecified atom stereocenters. The highest BCUT2D eigenvalue weighted by molar-refractivity contribution is 5.94. The van der Waals surface area contributed by atoms with Crippen molar-refractivity contribution in [1.82, 2.24) is 5.32 Å². The van der Waals surface area contributed by atoms with Gasteiger partial charge in [0.15, 0.2) is 0 Å². The zero-order valence-corrected chi connectivity index (χ0v) is 13.0. The van der Waals surface area contributed by atoms with Crippen molar-refractivity contribution in [2.75, 3.05) is 6.61 Å². The Morgan fingerprint density at radius 3 is 2.50 bits per heavy atom. The van der Waals surface area contributed by atoms with E-state index in [9.17, 15) is 9.18 Å². The first-order chi connectivity index (χ1) is 10.5. The summed E-state index contributed by atoms with van der Waals surface area (Å²) in [5.74, 6) is 0.132. The molecule has 0 saturated heterocycles. The summed E-state index contributed by atoms with van der Waals surface area (Å²) >= 11 is 0. The number of carbonyl (C=O) groups excluding carboxylic acids is 1. The molecule has 0 saturated carbocycles. The van der Waals surface area contributed by atoms with Crippen molar-refractivity contribution in [1.29, 1.82) is 0 Å². The lowest BCUT2D eigenvalue weighted by molar-refractivity contribution is 0.0939. The molecule has 2 aromatic rings. The molecule has 0 heterocycles. The van der Waals surface area contributed by atoms with E-state index in [1.807, 2.05) is 38.1 Å². The van der Waals surface area contributed by atoms with Crippen molar-refractivity contribution in [3.05, 3.63) is 65.0 Å². The highest BCUT2D eigenvalue weighted by Crippen LogP contribution is 2.18. The number of amides is 1. The Morgan fingerprint density at radius 2 is 1.91 bits per heavy atom. The molecule has 0 spiro atoms. The third-order valence-corrected chi connectivity index (χ3v) is 3.47. The smallest absolute Gasteiger partial charge is 0.251 e. The fourth-order valence-corrected chi connectivity index (χ4v) is 2.12. The molecular weight excluding hydrogens is 281 g/mol. The van der Waals surface area contributed by atoms with Gasteiger partial charge in [-0.15, -0.1) is 0 Å². The first-order valence-corrected chi connectivity index (χ1v) is 7.31. The van der Waals surface area contributed by atoms with Crippen LogP contribution in [-0.4, -0.2) is 12.5 Å². The Kier molecular flexibility index (Phi) is 5.15. The molecule has 0 aliphatic rings. The molecule has 1 amide bonds. The summed E-state index contributed by atoms with van der Waals surface area (Å²) in [4.78, 5) is 12.2. The van der Waals surface area contributed by atoms with E-state index in [2.05, 4.69) is 5.32 Å². The molecule has 116 valence electrons. The van der Waals surface area contributed by atoms with Crippen molar-refractivity contribution in [2.45, 2.75) is 26.8 Å². The number of benzene rings is 2. The standard InChI is InChI=1S/C18H20FNO2/c1-4-22-16-9-7-14(8-10-16)13(3)20-18(21)15-6-5-12(2)17(19)11-15/h5-11,13H,4H2,1-3H3,(H,20,21). The minimum Gasteiger partial charge on any atom is -0.494 e. The molecule has 0 fully saturated rings. The van der Waals surface area contributed by atoms with Crippen LogP contribution in [0.4, 0.5) is 4.39 Å². The number of halogens is 1. The van der Waals surface area contributed by atoms with E-state index in [0.717, 1.165) is 11.3 Å². The number of ether oxygens (including phenoxy) is 1. The molecular formula is C18H20FNO2. The quantitative estimate of drug-likeness (QED) is 0.905. The van der Waals surface area contributed by atoms with E-state index in [1.54, 1.807) is 19.1 Å². The van der Waals surface area contributed by atoms with Crippen LogP contribution in [-0.2, 0) is 0 Å². The lowest BCUT2D eigenvalue weighted by Crippen LogP contribution is -2.26. The molecule has 1 N–H and O–H groups in total. The second-order valence-corrected chi connectivity index (χ2v) is 5.16. The molecule has 0 aliphatic carbocycles. The van der Waals surface area contributed by atoms with Gasteiger partial charge < -0.3 is 10.1 Å². The van der Waals surface area contributed by atoms with Crippen LogP contribution in [0.2, 0.25) is 0 Å². The minimum absolute atomic E-state index is 0.174. The van der Waals surface area contributed by atoms with Crippen LogP contribution in [0.15, 0.2) is 42.5 Å². The molecule has 0 radical (unpaired) electrons. The predicted octanol–water partition coefficient (Wildman–Crippen LogP) is 4.02. The molecule has 0 aliphatic heterocycles. The number of rotatable bonds is 5. The molecule has 4 heteroatoms. The van der Waals surface area contributed by atoms with Gasteiger partial charge in [-0.2, -0.15) is 0 Å². The normalized spacial score (nSPS) is 11.8. The Hall–Kier alpha value is -2.36. The second kappa shape index (κ2) is 7.07. The molecule has 2 aromatic carbocycles. The maximum absolute atomic E-state index is 13.5. The van der Waals surface area contributed by atoms with Gasteiger partial charge in [0.25, 0.3) is 5.91 Å². The molecule has 2 rings (SSSR count). The van der Waals surface area contributed by atoms with Gasteiger partial charge in [0.1, 0.15) is 11.6 Å². The van der Waals surface area contributed by atoms with Crippen LogP contribution in [0.5, 0.6) is 5.75 Å². The zero-order chi connectivity index (χ0) is 16.1. The van der Waals surface area contributed by atoms with Crippen molar-refractivity contribution >= 4 is 5.91 Å². The fourth-order valence-electron chi connectivity index (χ4n) is 2.12. The maximum Gasteiger partial charge on any atom is 0.251 e. The number of carbonyl (C=O) groups is 1. The van der Waals surface area contributed by atoms with Crippen LogP contribution in [0, 0.1) is 12.7 Å². The van der Waals surface area contributed by atoms with Gasteiger partial charge >= 0.3 is 0 Å². The molecule has 0 bridgehead atoms. The number of aryl methyl sites for hydroxylation is 1. The van der Waals surface area contributed by atoms with E-state index >= 15 is 0 Å². The van der Waals surface area contributed by atoms with Crippen LogP contribution < -0.4 is 10.1 Å². The summed E-state index contributed by atoms with van der Waals surface area (Å²) < 4.78 is 18.9. The highest BCUT2D eigenvalue weighted by Gasteiger charge is 2.12. The minimum atomic E-state index is -0.374. The van der Waals surface area contributed by atoms with Crippen LogP contribution in [0.1, 0.15) is 41.4 Å². The zero-order valence-electron chi connectivity index (χ0n) is 13.0. The van der Waals surface area contributed by atoms with E-state index in [-0.39, 0.29) is 17.8 Å². The summed E-state index contributed by atoms with van der Waals surface area (Å²) in [6, 6.07) is 11.9. The van der Waals surface area contributed by atoms with Crippen molar-refractivity contribution in [2.24, 2.45) is 0 Å². The van der Waals surface area contributed by atoms with Gasteiger partial charge in [-0.25, -0.2) is 4.39 Å². The maximum atomic E-state index is 13.5. The lowest BCUT2D eigenvalue weighted by Gasteiger charge is -2.15. The molecule has 0 aromatic heterocycles. The van der Waals surface area contributed by atoms with E-state index in [0.29, 0.717) is 17.7 Å². The average Bonchev–Trinajstić information content (AvgIpc) is 2.51. The van der Waals surface area contributed by atoms with Crippen LogP contribution in [0.25, 0.3) is 0 Å². The summed E-state index contributed by atoms with van der Waals surface area (Å²) in [6.45, 7) is 6.10. The summed E-state index contributed by atoms with van der Waals surface area (Å²) in [5.41, 5.74) is 1.81. The van der Waals surface area contributed by atoms with Gasteiger partial charge in [0.05, 0.1) is 12.6 Å². The average molecular weight is 301 g/mol. The molecule has 22 heavy (non-hydrogen) atoms. The van der Waals surface area contributed by atoms with Crippen molar-refractivity contribution < 1.29 is 13.9 Å². The van der Waals surface area contributed by atoms with E-state index in [4.69, 9.17) is 4.74 Å². The Balaban J connectivity index is 2.05. The third kappa shape index (κ3) is 3.85. The second-order valence-electron chi connectivity index (χ2n) is 5.16. The van der Waals surface area contributed by atoms with Gasteiger partial charge in [0, 0.05) is 5.56 Å². The monoisotopic (exact) mass is 301 g/mol. The highest BCUT2D eigenvalue weighted by atomic mass is 19.1. The van der Waals surface area contributed by atoms with Crippen molar-refractivity contribution in [3.63, 3.8) is 0 Å². The van der Waals surface area contributed by atoms with Gasteiger partial charge in [-0.1, -0.05) is 18.2 Å². The van der Waals surface area contributed by atoms with E-state index < -0.39 is 0 Å². The van der Waals surface area contributed by atoms with Gasteiger partial charge in [-0.05, 0) is 56.2 Å². The predicted molar refractivity (Wildman–Crippen MR) is 84.6 cm³/mol. The summed E-state index contributed by atoms with van der Waals surface area (Å²) in [5, 5.41) is 2.86.